The van der Waals surface area contributed by atoms with Crippen molar-refractivity contribution in [2.75, 3.05) is 12.3 Å². The first kappa shape index (κ1) is 20.3. The molecule has 6 nitrogen and oxygen atoms in total. The maximum absolute atomic E-state index is 12.2. The number of benzene rings is 1. The molecule has 1 aromatic heterocycles. The number of para-hydroxylation sites is 1. The molecule has 1 aromatic carbocycles. The van der Waals surface area contributed by atoms with E-state index in [-0.39, 0.29) is 26.6 Å². The summed E-state index contributed by atoms with van der Waals surface area (Å²) >= 11 is 17.7. The Morgan fingerprint density at radius 1 is 1.31 bits per heavy atom. The topological polar surface area (TPSA) is 89.6 Å². The third kappa shape index (κ3) is 5.00. The number of anilines is 1. The molecule has 138 valence electrons. The summed E-state index contributed by atoms with van der Waals surface area (Å²) in [6, 6.07) is 7.33. The first-order valence-corrected chi connectivity index (χ1v) is 8.79. The van der Waals surface area contributed by atoms with Gasteiger partial charge in [0, 0.05) is 5.56 Å². The van der Waals surface area contributed by atoms with Crippen molar-refractivity contribution in [3.63, 3.8) is 0 Å². The Labute approximate surface area is 166 Å². The average Bonchev–Trinajstić information content (AvgIpc) is 2.61. The van der Waals surface area contributed by atoms with E-state index < -0.39 is 5.91 Å². The fourth-order valence-corrected chi connectivity index (χ4v) is 2.46. The van der Waals surface area contributed by atoms with E-state index in [4.69, 9.17) is 45.3 Å². The summed E-state index contributed by atoms with van der Waals surface area (Å²) in [4.78, 5) is 16.0. The van der Waals surface area contributed by atoms with Crippen LogP contribution in [0.4, 0.5) is 5.69 Å². The number of hydrogen-bond acceptors (Lipinski definition) is 5. The number of rotatable bonds is 6. The highest BCUT2D eigenvalue weighted by Gasteiger charge is 2.19. The van der Waals surface area contributed by atoms with Crippen molar-refractivity contribution >= 4 is 52.6 Å². The summed E-state index contributed by atoms with van der Waals surface area (Å²) in [5.74, 6) is 0.374. The number of hydrogen-bond donors (Lipinski definition) is 2. The van der Waals surface area contributed by atoms with Gasteiger partial charge in [-0.15, -0.1) is 0 Å². The van der Waals surface area contributed by atoms with Crippen LogP contribution in [-0.2, 0) is 0 Å². The molecule has 1 amide bonds. The lowest BCUT2D eigenvalue weighted by atomic mass is 10.2. The average molecular weight is 416 g/mol. The lowest BCUT2D eigenvalue weighted by Crippen LogP contribution is -2.20. The Balaban J connectivity index is 2.13. The van der Waals surface area contributed by atoms with Crippen molar-refractivity contribution in [2.45, 2.75) is 13.8 Å². The van der Waals surface area contributed by atoms with E-state index >= 15 is 0 Å². The number of aromatic nitrogens is 1. The Morgan fingerprint density at radius 3 is 2.69 bits per heavy atom. The first-order chi connectivity index (χ1) is 12.3. The fourth-order valence-electron chi connectivity index (χ4n) is 1.87. The molecule has 0 saturated heterocycles. The number of halogens is 3. The van der Waals surface area contributed by atoms with Crippen molar-refractivity contribution in [2.24, 2.45) is 11.0 Å². The van der Waals surface area contributed by atoms with Gasteiger partial charge in [0.1, 0.15) is 10.8 Å². The molecule has 26 heavy (non-hydrogen) atoms. The van der Waals surface area contributed by atoms with Gasteiger partial charge in [0.05, 0.1) is 23.5 Å². The van der Waals surface area contributed by atoms with Crippen LogP contribution in [0, 0.1) is 5.92 Å². The number of nitrogen functional groups attached to an aromatic ring is 1. The first-order valence-electron chi connectivity index (χ1n) is 7.66. The number of amides is 1. The van der Waals surface area contributed by atoms with Gasteiger partial charge in [-0.1, -0.05) is 60.8 Å². The lowest BCUT2D eigenvalue weighted by molar-refractivity contribution is 0.0950. The van der Waals surface area contributed by atoms with Gasteiger partial charge >= 0.3 is 0 Å². The van der Waals surface area contributed by atoms with Crippen LogP contribution in [0.1, 0.15) is 29.9 Å². The molecule has 0 fully saturated rings. The van der Waals surface area contributed by atoms with E-state index in [0.717, 1.165) is 0 Å². The molecule has 0 atom stereocenters. The minimum absolute atomic E-state index is 0.00653. The molecular weight excluding hydrogens is 399 g/mol. The Morgan fingerprint density at radius 2 is 2.00 bits per heavy atom. The molecule has 0 radical (unpaired) electrons. The number of nitrogens with one attached hydrogen (secondary N) is 1. The molecule has 0 aliphatic rings. The van der Waals surface area contributed by atoms with Gasteiger partial charge in [0.15, 0.2) is 10.8 Å². The van der Waals surface area contributed by atoms with Gasteiger partial charge < -0.3 is 10.5 Å². The molecule has 0 unspecified atom stereocenters. The van der Waals surface area contributed by atoms with E-state index in [1.54, 1.807) is 0 Å². The lowest BCUT2D eigenvalue weighted by Gasteiger charge is -2.10. The van der Waals surface area contributed by atoms with Crippen LogP contribution in [-0.4, -0.2) is 23.7 Å². The molecule has 0 bridgehead atoms. The van der Waals surface area contributed by atoms with Crippen LogP contribution < -0.4 is 15.9 Å². The molecule has 2 rings (SSSR count). The van der Waals surface area contributed by atoms with Gasteiger partial charge in [-0.2, -0.15) is 5.10 Å². The second-order valence-corrected chi connectivity index (χ2v) is 6.85. The van der Waals surface area contributed by atoms with E-state index in [1.165, 1.54) is 6.21 Å². The van der Waals surface area contributed by atoms with Gasteiger partial charge in [-0.3, -0.25) is 4.79 Å². The zero-order valence-electron chi connectivity index (χ0n) is 14.1. The molecule has 2 aromatic rings. The van der Waals surface area contributed by atoms with E-state index in [2.05, 4.69) is 29.4 Å². The number of nitrogens with zero attached hydrogens (tertiary/aromatic N) is 2. The van der Waals surface area contributed by atoms with Gasteiger partial charge in [0.25, 0.3) is 5.91 Å². The zero-order valence-corrected chi connectivity index (χ0v) is 16.4. The van der Waals surface area contributed by atoms with Crippen LogP contribution in [0.5, 0.6) is 5.75 Å². The third-order valence-corrected chi connectivity index (χ3v) is 4.28. The van der Waals surface area contributed by atoms with Crippen LogP contribution in [0.25, 0.3) is 0 Å². The minimum Gasteiger partial charge on any atom is -0.493 e. The summed E-state index contributed by atoms with van der Waals surface area (Å²) in [7, 11) is 0. The Hall–Kier alpha value is -2.02. The largest absolute Gasteiger partial charge is 0.493 e. The van der Waals surface area contributed by atoms with Crippen molar-refractivity contribution in [3.8, 4) is 5.75 Å². The van der Waals surface area contributed by atoms with Crippen LogP contribution >= 0.6 is 34.8 Å². The second kappa shape index (κ2) is 9.07. The SMILES string of the molecule is CC(C)COc1ccccc1/C=N/NC(=O)c1nc(Cl)c(Cl)c(N)c1Cl. The predicted octanol–water partition coefficient (Wildman–Crippen LogP) is 4.42. The van der Waals surface area contributed by atoms with Crippen molar-refractivity contribution in [1.82, 2.24) is 10.4 Å². The number of hydrazone groups is 1. The minimum atomic E-state index is -0.669. The molecule has 0 saturated carbocycles. The van der Waals surface area contributed by atoms with E-state index in [0.29, 0.717) is 23.8 Å². The second-order valence-electron chi connectivity index (χ2n) is 5.73. The summed E-state index contributed by atoms with van der Waals surface area (Å²) in [6.45, 7) is 4.67. The highest BCUT2D eigenvalue weighted by atomic mass is 35.5. The zero-order chi connectivity index (χ0) is 19.3. The quantitative estimate of drug-likeness (QED) is 0.415. The van der Waals surface area contributed by atoms with E-state index in [9.17, 15) is 4.79 Å². The van der Waals surface area contributed by atoms with Gasteiger partial charge in [-0.25, -0.2) is 10.4 Å². The highest BCUT2D eigenvalue weighted by Crippen LogP contribution is 2.34. The van der Waals surface area contributed by atoms with Crippen LogP contribution in [0.2, 0.25) is 15.2 Å². The third-order valence-electron chi connectivity index (χ3n) is 3.15. The number of nitrogens with two attached hydrogens (primary N) is 1. The normalized spacial score (nSPS) is 11.2. The van der Waals surface area contributed by atoms with E-state index in [1.807, 2.05) is 24.3 Å². The molecule has 1 heterocycles. The Bertz CT molecular complexity index is 841. The number of carbonyl (C=O) groups is 1. The summed E-state index contributed by atoms with van der Waals surface area (Å²) < 4.78 is 5.72. The van der Waals surface area contributed by atoms with Crippen molar-refractivity contribution in [3.05, 3.63) is 50.7 Å². The summed E-state index contributed by atoms with van der Waals surface area (Å²) in [6.07, 6.45) is 1.46. The van der Waals surface area contributed by atoms with Gasteiger partial charge in [-0.05, 0) is 18.1 Å². The molecule has 0 aliphatic carbocycles. The van der Waals surface area contributed by atoms with Crippen LogP contribution in [0.15, 0.2) is 29.4 Å². The number of ether oxygens (including phenoxy) is 1. The molecule has 9 heteroatoms. The monoisotopic (exact) mass is 414 g/mol. The van der Waals surface area contributed by atoms with Gasteiger partial charge in [0.2, 0.25) is 0 Å². The highest BCUT2D eigenvalue weighted by molar-refractivity contribution is 6.46. The van der Waals surface area contributed by atoms with Crippen molar-refractivity contribution < 1.29 is 9.53 Å². The summed E-state index contributed by atoms with van der Waals surface area (Å²) in [5, 5.41) is 3.70. The fraction of sp³-hybridized carbons (Fsp3) is 0.235. The predicted molar refractivity (Wildman–Crippen MR) is 106 cm³/mol. The standard InChI is InChI=1S/C17H17Cl3N4O2/c1-9(2)8-26-11-6-4-3-5-10(11)7-22-24-17(25)15-12(18)14(21)13(19)16(20)23-15/h3-7,9H,8H2,1-2H3,(H2,21,23)(H,24,25)/b22-7+. The molecule has 0 spiro atoms. The Kier molecular flexibility index (Phi) is 7.08. The van der Waals surface area contributed by atoms with Crippen molar-refractivity contribution in [1.29, 1.82) is 0 Å². The summed E-state index contributed by atoms with van der Waals surface area (Å²) in [5.41, 5.74) is 8.54. The number of pyridine rings is 1. The molecule has 0 aliphatic heterocycles. The molecule has 3 N–H and O–H groups in total. The van der Waals surface area contributed by atoms with Crippen LogP contribution in [0.3, 0.4) is 0 Å². The maximum atomic E-state index is 12.2. The maximum Gasteiger partial charge on any atom is 0.291 e. The number of carbonyl (C=O) groups excluding carboxylic acids is 1. The smallest absolute Gasteiger partial charge is 0.291 e. The molecular formula is C17H17Cl3N4O2.